The summed E-state index contributed by atoms with van der Waals surface area (Å²) < 4.78 is 18.9. The maximum Gasteiger partial charge on any atom is 0.140 e. The van der Waals surface area contributed by atoms with Gasteiger partial charge in [-0.2, -0.15) is 5.26 Å². The van der Waals surface area contributed by atoms with Gasteiger partial charge >= 0.3 is 0 Å². The molecule has 0 saturated heterocycles. The Morgan fingerprint density at radius 3 is 2.85 bits per heavy atom. The van der Waals surface area contributed by atoms with E-state index >= 15 is 0 Å². The van der Waals surface area contributed by atoms with E-state index in [-0.39, 0.29) is 11.0 Å². The van der Waals surface area contributed by atoms with Crippen molar-refractivity contribution in [3.63, 3.8) is 0 Å². The van der Waals surface area contributed by atoms with Crippen LogP contribution in [0, 0.1) is 22.6 Å². The van der Waals surface area contributed by atoms with E-state index in [0.717, 1.165) is 18.6 Å². The molecule has 20 heavy (non-hydrogen) atoms. The Morgan fingerprint density at radius 1 is 1.50 bits per heavy atom. The zero-order chi connectivity index (χ0) is 14.8. The molecule has 1 saturated carbocycles. The molecule has 0 heterocycles. The van der Waals surface area contributed by atoms with Crippen LogP contribution in [0.25, 0.3) is 0 Å². The molecule has 0 aromatic heterocycles. The van der Waals surface area contributed by atoms with Crippen LogP contribution in [0.2, 0.25) is 0 Å². The molecule has 0 amide bonds. The van der Waals surface area contributed by atoms with E-state index in [9.17, 15) is 4.39 Å². The first-order valence-electron chi connectivity index (χ1n) is 7.02. The number of ether oxygens (including phenoxy) is 1. The van der Waals surface area contributed by atoms with Gasteiger partial charge in [-0.3, -0.25) is 0 Å². The molecule has 2 unspecified atom stereocenters. The van der Waals surface area contributed by atoms with Crippen molar-refractivity contribution < 1.29 is 9.13 Å². The summed E-state index contributed by atoms with van der Waals surface area (Å²) in [6, 6.07) is 6.93. The molecular formula is C16H21FN2O. The van der Waals surface area contributed by atoms with Crippen LogP contribution in [0.3, 0.4) is 0 Å². The molecule has 2 rings (SSSR count). The summed E-state index contributed by atoms with van der Waals surface area (Å²) in [7, 11) is 0. The van der Waals surface area contributed by atoms with Crippen molar-refractivity contribution in [1.82, 2.24) is 5.32 Å². The fraction of sp³-hybridized carbons (Fsp3) is 0.562. The van der Waals surface area contributed by atoms with Gasteiger partial charge in [0.25, 0.3) is 0 Å². The predicted molar refractivity (Wildman–Crippen MR) is 75.6 cm³/mol. The molecule has 1 N–H and O–H groups in total. The second-order valence-corrected chi connectivity index (χ2v) is 5.86. The van der Waals surface area contributed by atoms with Crippen LogP contribution < -0.4 is 5.32 Å². The summed E-state index contributed by atoms with van der Waals surface area (Å²) in [5.74, 6) is -0.461. The van der Waals surface area contributed by atoms with Gasteiger partial charge in [-0.25, -0.2) is 4.39 Å². The number of hydrogen-bond acceptors (Lipinski definition) is 3. The first-order valence-corrected chi connectivity index (χ1v) is 7.02. The maximum atomic E-state index is 13.2. The molecule has 0 bridgehead atoms. The highest BCUT2D eigenvalue weighted by atomic mass is 19.1. The Bertz CT molecular complexity index is 522. The Kier molecular flexibility index (Phi) is 4.42. The minimum Gasteiger partial charge on any atom is -0.378 e. The lowest BCUT2D eigenvalue weighted by Gasteiger charge is -2.52. The molecule has 0 spiro atoms. The highest BCUT2D eigenvalue weighted by Crippen LogP contribution is 2.42. The Morgan fingerprint density at radius 2 is 2.25 bits per heavy atom. The van der Waals surface area contributed by atoms with Crippen molar-refractivity contribution in [2.45, 2.75) is 45.9 Å². The molecule has 1 aromatic rings. The monoisotopic (exact) mass is 276 g/mol. The third-order valence-corrected chi connectivity index (χ3v) is 4.25. The van der Waals surface area contributed by atoms with Gasteiger partial charge in [-0.1, -0.05) is 19.9 Å². The van der Waals surface area contributed by atoms with E-state index in [1.165, 1.54) is 6.07 Å². The van der Waals surface area contributed by atoms with Gasteiger partial charge in [-0.05, 0) is 31.0 Å². The quantitative estimate of drug-likeness (QED) is 0.899. The minimum absolute atomic E-state index is 0.101. The summed E-state index contributed by atoms with van der Waals surface area (Å²) >= 11 is 0. The average Bonchev–Trinajstić information content (AvgIpc) is 2.43. The van der Waals surface area contributed by atoms with E-state index in [4.69, 9.17) is 10.00 Å². The second-order valence-electron chi connectivity index (χ2n) is 5.86. The molecule has 2 atom stereocenters. The van der Waals surface area contributed by atoms with Gasteiger partial charge in [0.05, 0.1) is 11.7 Å². The van der Waals surface area contributed by atoms with Gasteiger partial charge in [-0.15, -0.1) is 0 Å². The Hall–Kier alpha value is -1.44. The number of nitrogens with zero attached hydrogens (tertiary/aromatic N) is 1. The summed E-state index contributed by atoms with van der Waals surface area (Å²) in [6.45, 7) is 7.78. The van der Waals surface area contributed by atoms with E-state index < -0.39 is 5.82 Å². The van der Waals surface area contributed by atoms with Crippen LogP contribution in [0.15, 0.2) is 18.2 Å². The average molecular weight is 276 g/mol. The molecule has 0 radical (unpaired) electrons. The number of hydrogen-bond donors (Lipinski definition) is 1. The molecule has 108 valence electrons. The van der Waals surface area contributed by atoms with Gasteiger partial charge in [0, 0.05) is 24.6 Å². The largest absolute Gasteiger partial charge is 0.378 e. The zero-order valence-corrected chi connectivity index (χ0v) is 12.2. The lowest BCUT2D eigenvalue weighted by molar-refractivity contribution is -0.114. The van der Waals surface area contributed by atoms with Crippen molar-refractivity contribution >= 4 is 0 Å². The summed E-state index contributed by atoms with van der Waals surface area (Å²) in [6.07, 6.45) is 1.29. The summed E-state index contributed by atoms with van der Waals surface area (Å²) in [5, 5.41) is 12.3. The van der Waals surface area contributed by atoms with E-state index in [1.807, 2.05) is 13.0 Å². The molecule has 3 nitrogen and oxygen atoms in total. The lowest BCUT2D eigenvalue weighted by Crippen LogP contribution is -2.60. The first kappa shape index (κ1) is 15.0. The van der Waals surface area contributed by atoms with Crippen LogP contribution in [-0.2, 0) is 11.3 Å². The highest BCUT2D eigenvalue weighted by Gasteiger charge is 2.48. The molecule has 0 aliphatic heterocycles. The predicted octanol–water partition coefficient (Wildman–Crippen LogP) is 2.99. The Balaban J connectivity index is 1.93. The summed E-state index contributed by atoms with van der Waals surface area (Å²) in [5.41, 5.74) is 1.14. The van der Waals surface area contributed by atoms with Crippen molar-refractivity contribution in [3.8, 4) is 6.07 Å². The Labute approximate surface area is 119 Å². The number of nitrogens with one attached hydrogen (secondary N) is 1. The van der Waals surface area contributed by atoms with Gasteiger partial charge in [0.15, 0.2) is 0 Å². The van der Waals surface area contributed by atoms with Crippen molar-refractivity contribution in [2.75, 3.05) is 6.61 Å². The van der Waals surface area contributed by atoms with Crippen molar-refractivity contribution in [2.24, 2.45) is 5.41 Å². The first-order chi connectivity index (χ1) is 9.48. The fourth-order valence-electron chi connectivity index (χ4n) is 2.72. The van der Waals surface area contributed by atoms with Crippen LogP contribution in [0.5, 0.6) is 0 Å². The third-order valence-electron chi connectivity index (χ3n) is 4.25. The minimum atomic E-state index is -0.461. The lowest BCUT2D eigenvalue weighted by atomic mass is 9.64. The number of halogens is 1. The van der Waals surface area contributed by atoms with E-state index in [0.29, 0.717) is 18.7 Å². The van der Waals surface area contributed by atoms with Gasteiger partial charge in [0.2, 0.25) is 0 Å². The molecule has 1 aliphatic carbocycles. The molecule has 1 fully saturated rings. The van der Waals surface area contributed by atoms with Crippen LogP contribution >= 0.6 is 0 Å². The number of nitriles is 1. The topological polar surface area (TPSA) is 45.0 Å². The van der Waals surface area contributed by atoms with Crippen molar-refractivity contribution in [1.29, 1.82) is 5.26 Å². The van der Waals surface area contributed by atoms with E-state index in [1.54, 1.807) is 12.1 Å². The van der Waals surface area contributed by atoms with Crippen LogP contribution in [0.4, 0.5) is 4.39 Å². The van der Waals surface area contributed by atoms with Crippen LogP contribution in [0.1, 0.15) is 38.3 Å². The molecular weight excluding hydrogens is 255 g/mol. The normalized spacial score (nSPS) is 23.9. The molecule has 1 aliphatic rings. The van der Waals surface area contributed by atoms with E-state index in [2.05, 4.69) is 19.2 Å². The highest BCUT2D eigenvalue weighted by molar-refractivity contribution is 5.34. The maximum absolute atomic E-state index is 13.2. The van der Waals surface area contributed by atoms with Gasteiger partial charge < -0.3 is 10.1 Å². The van der Waals surface area contributed by atoms with Crippen molar-refractivity contribution in [3.05, 3.63) is 35.1 Å². The summed E-state index contributed by atoms with van der Waals surface area (Å²) in [4.78, 5) is 0. The number of benzene rings is 1. The zero-order valence-electron chi connectivity index (χ0n) is 12.2. The third kappa shape index (κ3) is 2.84. The fourth-order valence-corrected chi connectivity index (χ4v) is 2.72. The standard InChI is InChI=1S/C16H21FN2O/c1-4-20-15-8-14(16(15,2)3)19-10-11-5-6-13(17)12(7-11)9-18/h5-7,14-15,19H,4,8,10H2,1-3H3. The van der Waals surface area contributed by atoms with Crippen LogP contribution in [-0.4, -0.2) is 18.8 Å². The second kappa shape index (κ2) is 5.90. The molecule has 4 heteroatoms. The SMILES string of the molecule is CCOC1CC(NCc2ccc(F)c(C#N)c2)C1(C)C. The smallest absolute Gasteiger partial charge is 0.140 e. The number of rotatable bonds is 5. The molecule has 1 aromatic carbocycles. The van der Waals surface area contributed by atoms with Gasteiger partial charge in [0.1, 0.15) is 11.9 Å².